The topological polar surface area (TPSA) is 73.5 Å². The lowest BCUT2D eigenvalue weighted by molar-refractivity contribution is -0.126. The molecule has 3 amide bonds. The fraction of sp³-hybridized carbons (Fsp3) is 0.579. The average molecular weight is 344 g/mol. The predicted molar refractivity (Wildman–Crippen MR) is 98.3 cm³/mol. The number of rotatable bonds is 4. The maximum absolute atomic E-state index is 12.3. The van der Waals surface area contributed by atoms with E-state index in [1.165, 1.54) is 0 Å². The van der Waals surface area contributed by atoms with E-state index in [1.807, 2.05) is 29.2 Å². The standard InChI is InChI=1S/C19H28N4O2/c1-14-11-16(7-8-20-14)18(24)21-13-15-5-4-6-17(12-15)22-19(25)23-9-2-3-10-23/h4-6,12,14,16,20H,2-3,7-11,13H2,1H3,(H,21,24)(H,22,25)/t14-,16-/m0/s1. The number of hydrogen-bond acceptors (Lipinski definition) is 3. The SMILES string of the molecule is C[C@H]1C[C@@H](C(=O)NCc2cccc(NC(=O)N3CCCC3)c2)CCN1. The summed E-state index contributed by atoms with van der Waals surface area (Å²) in [6, 6.07) is 8.05. The van der Waals surface area contributed by atoms with Crippen LogP contribution in [0.25, 0.3) is 0 Å². The number of amides is 3. The minimum absolute atomic E-state index is 0.0395. The van der Waals surface area contributed by atoms with Gasteiger partial charge in [-0.3, -0.25) is 4.79 Å². The molecule has 0 aliphatic carbocycles. The van der Waals surface area contributed by atoms with Crippen LogP contribution >= 0.6 is 0 Å². The van der Waals surface area contributed by atoms with Gasteiger partial charge in [0.05, 0.1) is 0 Å². The van der Waals surface area contributed by atoms with E-state index < -0.39 is 0 Å². The maximum atomic E-state index is 12.3. The van der Waals surface area contributed by atoms with E-state index in [0.717, 1.165) is 56.6 Å². The highest BCUT2D eigenvalue weighted by Gasteiger charge is 2.24. The summed E-state index contributed by atoms with van der Waals surface area (Å²) in [5, 5.41) is 9.35. The number of likely N-dealkylation sites (tertiary alicyclic amines) is 1. The van der Waals surface area contributed by atoms with E-state index in [-0.39, 0.29) is 17.9 Å². The Kier molecular flexibility index (Phi) is 5.91. The fourth-order valence-corrected chi connectivity index (χ4v) is 3.59. The van der Waals surface area contributed by atoms with Crippen molar-refractivity contribution >= 4 is 17.6 Å². The zero-order valence-corrected chi connectivity index (χ0v) is 14.9. The first-order valence-electron chi connectivity index (χ1n) is 9.28. The van der Waals surface area contributed by atoms with Crippen molar-refractivity contribution in [1.29, 1.82) is 0 Å². The fourth-order valence-electron chi connectivity index (χ4n) is 3.59. The molecule has 25 heavy (non-hydrogen) atoms. The smallest absolute Gasteiger partial charge is 0.321 e. The second-order valence-electron chi connectivity index (χ2n) is 7.12. The first kappa shape index (κ1) is 17.7. The lowest BCUT2D eigenvalue weighted by atomic mass is 9.92. The molecule has 0 saturated carbocycles. The molecule has 6 heteroatoms. The van der Waals surface area contributed by atoms with Crippen molar-refractivity contribution in [1.82, 2.24) is 15.5 Å². The highest BCUT2D eigenvalue weighted by Crippen LogP contribution is 2.17. The Morgan fingerprint density at radius 1 is 1.28 bits per heavy atom. The van der Waals surface area contributed by atoms with Gasteiger partial charge in [-0.05, 0) is 56.8 Å². The van der Waals surface area contributed by atoms with Gasteiger partial charge >= 0.3 is 6.03 Å². The molecular formula is C19H28N4O2. The first-order valence-corrected chi connectivity index (χ1v) is 9.28. The number of benzene rings is 1. The molecule has 2 heterocycles. The van der Waals surface area contributed by atoms with Crippen LogP contribution in [0.15, 0.2) is 24.3 Å². The van der Waals surface area contributed by atoms with Crippen LogP contribution in [0, 0.1) is 5.92 Å². The van der Waals surface area contributed by atoms with E-state index in [0.29, 0.717) is 12.6 Å². The quantitative estimate of drug-likeness (QED) is 0.785. The van der Waals surface area contributed by atoms with Crippen molar-refractivity contribution in [3.63, 3.8) is 0 Å². The number of carbonyl (C=O) groups excluding carboxylic acids is 2. The lowest BCUT2D eigenvalue weighted by Gasteiger charge is -2.27. The Balaban J connectivity index is 1.51. The Hall–Kier alpha value is -2.08. The lowest BCUT2D eigenvalue weighted by Crippen LogP contribution is -2.42. The van der Waals surface area contributed by atoms with Crippen LogP contribution in [0.1, 0.15) is 38.2 Å². The number of hydrogen-bond donors (Lipinski definition) is 3. The van der Waals surface area contributed by atoms with Crippen LogP contribution in [0.4, 0.5) is 10.5 Å². The van der Waals surface area contributed by atoms with E-state index in [2.05, 4.69) is 22.9 Å². The summed E-state index contributed by atoms with van der Waals surface area (Å²) < 4.78 is 0. The summed E-state index contributed by atoms with van der Waals surface area (Å²) in [7, 11) is 0. The molecule has 2 fully saturated rings. The second kappa shape index (κ2) is 8.34. The molecule has 3 N–H and O–H groups in total. The first-order chi connectivity index (χ1) is 12.1. The average Bonchev–Trinajstić information content (AvgIpc) is 3.15. The van der Waals surface area contributed by atoms with Gasteiger partial charge in [0.2, 0.25) is 5.91 Å². The molecule has 6 nitrogen and oxygen atoms in total. The van der Waals surface area contributed by atoms with Crippen LogP contribution in [-0.2, 0) is 11.3 Å². The highest BCUT2D eigenvalue weighted by molar-refractivity contribution is 5.89. The normalized spacial score (nSPS) is 23.3. The Bertz CT molecular complexity index is 613. The van der Waals surface area contributed by atoms with Crippen molar-refractivity contribution in [3.05, 3.63) is 29.8 Å². The van der Waals surface area contributed by atoms with Gasteiger partial charge in [0.1, 0.15) is 0 Å². The summed E-state index contributed by atoms with van der Waals surface area (Å²) in [6.07, 6.45) is 3.93. The molecule has 3 rings (SSSR count). The van der Waals surface area contributed by atoms with E-state index in [4.69, 9.17) is 0 Å². The minimum Gasteiger partial charge on any atom is -0.352 e. The number of piperidine rings is 1. The molecule has 2 aliphatic heterocycles. The summed E-state index contributed by atoms with van der Waals surface area (Å²) in [4.78, 5) is 26.3. The van der Waals surface area contributed by atoms with Crippen molar-refractivity contribution in [2.24, 2.45) is 5.92 Å². The molecule has 136 valence electrons. The second-order valence-corrected chi connectivity index (χ2v) is 7.12. The van der Waals surface area contributed by atoms with Crippen molar-refractivity contribution in [2.75, 3.05) is 25.0 Å². The number of nitrogens with zero attached hydrogens (tertiary/aromatic N) is 1. The third-order valence-corrected chi connectivity index (χ3v) is 5.03. The summed E-state index contributed by atoms with van der Waals surface area (Å²) in [5.41, 5.74) is 1.77. The zero-order chi connectivity index (χ0) is 17.6. The minimum atomic E-state index is -0.0395. The van der Waals surface area contributed by atoms with Crippen molar-refractivity contribution in [2.45, 2.75) is 45.2 Å². The Morgan fingerprint density at radius 2 is 2.08 bits per heavy atom. The van der Waals surface area contributed by atoms with Crippen LogP contribution in [0.2, 0.25) is 0 Å². The summed E-state index contributed by atoms with van der Waals surface area (Å²) >= 11 is 0. The third kappa shape index (κ3) is 4.95. The highest BCUT2D eigenvalue weighted by atomic mass is 16.2. The van der Waals surface area contributed by atoms with Crippen LogP contribution in [-0.4, -0.2) is 42.5 Å². The number of nitrogens with one attached hydrogen (secondary N) is 3. The third-order valence-electron chi connectivity index (χ3n) is 5.03. The molecule has 2 aliphatic rings. The molecule has 1 aromatic carbocycles. The molecule has 0 bridgehead atoms. The number of urea groups is 1. The monoisotopic (exact) mass is 344 g/mol. The van der Waals surface area contributed by atoms with E-state index >= 15 is 0 Å². The van der Waals surface area contributed by atoms with Crippen LogP contribution in [0.5, 0.6) is 0 Å². The van der Waals surface area contributed by atoms with Crippen LogP contribution < -0.4 is 16.0 Å². The van der Waals surface area contributed by atoms with E-state index in [1.54, 1.807) is 0 Å². The maximum Gasteiger partial charge on any atom is 0.321 e. The molecule has 0 radical (unpaired) electrons. The molecule has 1 aromatic rings. The largest absolute Gasteiger partial charge is 0.352 e. The van der Waals surface area contributed by atoms with Crippen LogP contribution in [0.3, 0.4) is 0 Å². The zero-order valence-electron chi connectivity index (χ0n) is 14.9. The van der Waals surface area contributed by atoms with Gasteiger partial charge < -0.3 is 20.9 Å². The van der Waals surface area contributed by atoms with Gasteiger partial charge in [-0.25, -0.2) is 4.79 Å². The van der Waals surface area contributed by atoms with Gasteiger partial charge in [0, 0.05) is 37.3 Å². The molecule has 2 atom stereocenters. The summed E-state index contributed by atoms with van der Waals surface area (Å²) in [5.74, 6) is 0.217. The Morgan fingerprint density at radius 3 is 2.84 bits per heavy atom. The molecule has 0 spiro atoms. The Labute approximate surface area is 149 Å². The van der Waals surface area contributed by atoms with Gasteiger partial charge in [0.25, 0.3) is 0 Å². The predicted octanol–water partition coefficient (Wildman–Crippen LogP) is 2.32. The molecule has 0 aromatic heterocycles. The summed E-state index contributed by atoms with van der Waals surface area (Å²) in [6.45, 7) is 5.17. The van der Waals surface area contributed by atoms with Gasteiger partial charge in [-0.2, -0.15) is 0 Å². The van der Waals surface area contributed by atoms with Gasteiger partial charge in [0.15, 0.2) is 0 Å². The van der Waals surface area contributed by atoms with Gasteiger partial charge in [-0.15, -0.1) is 0 Å². The van der Waals surface area contributed by atoms with Crippen molar-refractivity contribution < 1.29 is 9.59 Å². The molecule has 0 unspecified atom stereocenters. The van der Waals surface area contributed by atoms with Gasteiger partial charge in [-0.1, -0.05) is 12.1 Å². The van der Waals surface area contributed by atoms with E-state index in [9.17, 15) is 9.59 Å². The number of anilines is 1. The van der Waals surface area contributed by atoms with Crippen molar-refractivity contribution in [3.8, 4) is 0 Å². The molecular weight excluding hydrogens is 316 g/mol. The number of carbonyl (C=O) groups is 2. The molecule has 2 saturated heterocycles.